The normalized spacial score (nSPS) is 12.0. The number of halogens is 1. The zero-order valence-corrected chi connectivity index (χ0v) is 12.1. The third-order valence-corrected chi connectivity index (χ3v) is 3.46. The van der Waals surface area contributed by atoms with Crippen LogP contribution in [0.25, 0.3) is 0 Å². The number of rotatable bonds is 5. The number of hydrogen-bond acceptors (Lipinski definition) is 2. The van der Waals surface area contributed by atoms with Gasteiger partial charge in [0.2, 0.25) is 0 Å². The minimum atomic E-state index is -0.904. The molecule has 3 nitrogen and oxygen atoms in total. The third kappa shape index (κ3) is 3.81. The van der Waals surface area contributed by atoms with Crippen LogP contribution < -0.4 is 4.90 Å². The van der Waals surface area contributed by atoms with E-state index < -0.39 is 11.9 Å². The minimum Gasteiger partial charge on any atom is -0.481 e. The van der Waals surface area contributed by atoms with E-state index in [1.165, 1.54) is 24.3 Å². The summed E-state index contributed by atoms with van der Waals surface area (Å²) in [4.78, 5) is 13.4. The largest absolute Gasteiger partial charge is 0.481 e. The van der Waals surface area contributed by atoms with E-state index in [1.54, 1.807) is 0 Å². The molecule has 21 heavy (non-hydrogen) atoms. The predicted molar refractivity (Wildman–Crippen MR) is 81.2 cm³/mol. The van der Waals surface area contributed by atoms with Crippen molar-refractivity contribution in [2.24, 2.45) is 0 Å². The van der Waals surface area contributed by atoms with Gasteiger partial charge in [-0.15, -0.1) is 0 Å². The Morgan fingerprint density at radius 1 is 1.10 bits per heavy atom. The fourth-order valence-electron chi connectivity index (χ4n) is 2.21. The van der Waals surface area contributed by atoms with E-state index >= 15 is 0 Å². The lowest BCUT2D eigenvalue weighted by atomic mass is 9.92. The molecule has 0 heterocycles. The number of carboxylic acids is 1. The fourth-order valence-corrected chi connectivity index (χ4v) is 2.21. The average molecular weight is 287 g/mol. The first kappa shape index (κ1) is 15.0. The number of nitrogens with zero attached hydrogens (tertiary/aromatic N) is 1. The van der Waals surface area contributed by atoms with E-state index in [2.05, 4.69) is 0 Å². The average Bonchev–Trinajstić information content (AvgIpc) is 2.46. The summed E-state index contributed by atoms with van der Waals surface area (Å²) >= 11 is 0. The maximum absolute atomic E-state index is 12.9. The van der Waals surface area contributed by atoms with Crippen LogP contribution in [0, 0.1) is 5.82 Å². The molecule has 0 amide bonds. The summed E-state index contributed by atoms with van der Waals surface area (Å²) in [5, 5.41) is 9.40. The molecule has 0 fully saturated rings. The second-order valence-corrected chi connectivity index (χ2v) is 5.21. The van der Waals surface area contributed by atoms with Gasteiger partial charge >= 0.3 is 5.97 Å². The molecule has 0 aromatic heterocycles. The summed E-state index contributed by atoms with van der Waals surface area (Å²) in [6.45, 7) is 0. The van der Waals surface area contributed by atoms with Crippen molar-refractivity contribution in [2.75, 3.05) is 19.0 Å². The molecule has 0 saturated heterocycles. The maximum Gasteiger partial charge on any atom is 0.311 e. The number of hydrogen-bond donors (Lipinski definition) is 1. The Bertz CT molecular complexity index is 606. The zero-order chi connectivity index (χ0) is 15.4. The van der Waals surface area contributed by atoms with E-state index in [0.717, 1.165) is 11.3 Å². The highest BCUT2D eigenvalue weighted by Gasteiger charge is 2.20. The Balaban J connectivity index is 2.20. The van der Waals surface area contributed by atoms with Crippen molar-refractivity contribution >= 4 is 11.7 Å². The molecule has 1 unspecified atom stereocenters. The predicted octanol–water partition coefficient (Wildman–Crippen LogP) is 3.30. The number of aliphatic carboxylic acids is 1. The van der Waals surface area contributed by atoms with Gasteiger partial charge in [-0.3, -0.25) is 4.79 Å². The topological polar surface area (TPSA) is 40.5 Å². The molecule has 0 radical (unpaired) electrons. The molecule has 4 heteroatoms. The number of carboxylic acid groups (broad SMARTS) is 1. The lowest BCUT2D eigenvalue weighted by Crippen LogP contribution is -2.14. The number of benzene rings is 2. The Hall–Kier alpha value is -2.36. The van der Waals surface area contributed by atoms with Crippen molar-refractivity contribution in [1.82, 2.24) is 0 Å². The van der Waals surface area contributed by atoms with Crippen LogP contribution in [0.3, 0.4) is 0 Å². The Labute approximate surface area is 123 Å². The van der Waals surface area contributed by atoms with Crippen LogP contribution >= 0.6 is 0 Å². The molecule has 2 aromatic carbocycles. The molecular formula is C17H18FNO2. The zero-order valence-electron chi connectivity index (χ0n) is 12.1. The van der Waals surface area contributed by atoms with Gasteiger partial charge in [-0.2, -0.15) is 0 Å². The Kier molecular flexibility index (Phi) is 4.58. The van der Waals surface area contributed by atoms with Crippen LogP contribution in [0.15, 0.2) is 48.5 Å². The van der Waals surface area contributed by atoms with Gasteiger partial charge < -0.3 is 10.0 Å². The molecule has 0 aliphatic heterocycles. The van der Waals surface area contributed by atoms with Crippen LogP contribution in [-0.4, -0.2) is 25.2 Å². The van der Waals surface area contributed by atoms with Crippen molar-refractivity contribution in [2.45, 2.75) is 12.3 Å². The number of carbonyl (C=O) groups is 1. The van der Waals surface area contributed by atoms with Crippen molar-refractivity contribution in [1.29, 1.82) is 0 Å². The second kappa shape index (κ2) is 6.39. The monoisotopic (exact) mass is 287 g/mol. The van der Waals surface area contributed by atoms with Crippen LogP contribution in [0.5, 0.6) is 0 Å². The van der Waals surface area contributed by atoms with E-state index in [4.69, 9.17) is 0 Å². The highest BCUT2D eigenvalue weighted by Crippen LogP contribution is 2.23. The Morgan fingerprint density at radius 2 is 1.67 bits per heavy atom. The van der Waals surface area contributed by atoms with Gasteiger partial charge in [0, 0.05) is 19.8 Å². The molecule has 110 valence electrons. The lowest BCUT2D eigenvalue weighted by Gasteiger charge is -2.15. The molecule has 2 aromatic rings. The third-order valence-electron chi connectivity index (χ3n) is 3.46. The summed E-state index contributed by atoms with van der Waals surface area (Å²) in [6.07, 6.45) is 0.384. The van der Waals surface area contributed by atoms with E-state index in [9.17, 15) is 14.3 Å². The lowest BCUT2D eigenvalue weighted by molar-refractivity contribution is -0.138. The summed E-state index contributed by atoms with van der Waals surface area (Å²) in [5.74, 6) is -1.94. The van der Waals surface area contributed by atoms with Crippen LogP contribution in [0.4, 0.5) is 10.1 Å². The first-order valence-electron chi connectivity index (χ1n) is 6.72. The minimum absolute atomic E-state index is 0.363. The SMILES string of the molecule is CN(C)c1ccc(CC(C(=O)O)c2ccc(F)cc2)cc1. The molecular weight excluding hydrogens is 269 g/mol. The van der Waals surface area contributed by atoms with Gasteiger partial charge in [0.05, 0.1) is 5.92 Å². The van der Waals surface area contributed by atoms with Gasteiger partial charge in [-0.05, 0) is 41.8 Å². The smallest absolute Gasteiger partial charge is 0.311 e. The van der Waals surface area contributed by atoms with E-state index in [-0.39, 0.29) is 5.82 Å². The molecule has 1 N–H and O–H groups in total. The summed E-state index contributed by atoms with van der Waals surface area (Å²) in [6, 6.07) is 13.4. The summed E-state index contributed by atoms with van der Waals surface area (Å²) in [5.41, 5.74) is 2.62. The van der Waals surface area contributed by atoms with Gasteiger partial charge in [0.15, 0.2) is 0 Å². The van der Waals surface area contributed by atoms with E-state index in [0.29, 0.717) is 12.0 Å². The molecule has 0 saturated carbocycles. The highest BCUT2D eigenvalue weighted by atomic mass is 19.1. The molecule has 0 bridgehead atoms. The molecule has 1 atom stereocenters. The molecule has 0 aliphatic rings. The van der Waals surface area contributed by atoms with Crippen molar-refractivity contribution in [3.63, 3.8) is 0 Å². The summed E-state index contributed by atoms with van der Waals surface area (Å²) < 4.78 is 12.9. The molecule has 2 rings (SSSR count). The van der Waals surface area contributed by atoms with Gasteiger partial charge in [0.1, 0.15) is 5.82 Å². The van der Waals surface area contributed by atoms with Gasteiger partial charge in [0.25, 0.3) is 0 Å². The first-order chi connectivity index (χ1) is 9.97. The highest BCUT2D eigenvalue weighted by molar-refractivity contribution is 5.76. The van der Waals surface area contributed by atoms with Crippen LogP contribution in [0.1, 0.15) is 17.0 Å². The quantitative estimate of drug-likeness (QED) is 0.917. The van der Waals surface area contributed by atoms with E-state index in [1.807, 2.05) is 43.3 Å². The summed E-state index contributed by atoms with van der Waals surface area (Å²) in [7, 11) is 3.90. The van der Waals surface area contributed by atoms with Crippen LogP contribution in [0.2, 0.25) is 0 Å². The van der Waals surface area contributed by atoms with Gasteiger partial charge in [-0.1, -0.05) is 24.3 Å². The maximum atomic E-state index is 12.9. The van der Waals surface area contributed by atoms with Crippen LogP contribution in [-0.2, 0) is 11.2 Å². The van der Waals surface area contributed by atoms with Gasteiger partial charge in [-0.25, -0.2) is 4.39 Å². The van der Waals surface area contributed by atoms with Crippen molar-refractivity contribution in [3.05, 3.63) is 65.5 Å². The second-order valence-electron chi connectivity index (χ2n) is 5.21. The first-order valence-corrected chi connectivity index (χ1v) is 6.72. The fraction of sp³-hybridized carbons (Fsp3) is 0.235. The molecule has 0 aliphatic carbocycles. The Morgan fingerprint density at radius 3 is 2.14 bits per heavy atom. The molecule has 0 spiro atoms. The van der Waals surface area contributed by atoms with Crippen molar-refractivity contribution in [3.8, 4) is 0 Å². The number of anilines is 1. The standard InChI is InChI=1S/C17H18FNO2/c1-19(2)15-9-3-12(4-10-15)11-16(17(20)21)13-5-7-14(18)8-6-13/h3-10,16H,11H2,1-2H3,(H,20,21). The van der Waals surface area contributed by atoms with Crippen molar-refractivity contribution < 1.29 is 14.3 Å².